The largest absolute Gasteiger partial charge is 0.320 e. The molecule has 0 saturated carbocycles. The molecule has 2 heterocycles. The fraction of sp³-hybridized carbons (Fsp3) is 0.111. The van der Waals surface area contributed by atoms with Crippen molar-refractivity contribution >= 4 is 34.8 Å². The molecule has 5 heteroatoms. The van der Waals surface area contributed by atoms with Crippen LogP contribution in [-0.2, 0) is 4.79 Å². The molecule has 1 aromatic heterocycles. The van der Waals surface area contributed by atoms with E-state index in [9.17, 15) is 9.59 Å². The first-order valence-corrected chi connectivity index (χ1v) is 5.84. The number of allylic oxidation sites excluding steroid dienone is 1. The molecule has 2 rings (SSSR count). The summed E-state index contributed by atoms with van der Waals surface area (Å²) < 4.78 is 0. The van der Waals surface area contributed by atoms with Gasteiger partial charge in [0, 0.05) is 6.08 Å². The number of amides is 1. The van der Waals surface area contributed by atoms with Crippen molar-refractivity contribution in [2.24, 2.45) is 0 Å². The van der Waals surface area contributed by atoms with Gasteiger partial charge in [0.15, 0.2) is 5.78 Å². The highest BCUT2D eigenvalue weighted by molar-refractivity contribution is 8.04. The maximum absolute atomic E-state index is 11.5. The van der Waals surface area contributed by atoms with Gasteiger partial charge >= 0.3 is 0 Å². The Morgan fingerprint density at radius 1 is 1.57 bits per heavy atom. The number of thiophene rings is 1. The van der Waals surface area contributed by atoms with Gasteiger partial charge in [0.25, 0.3) is 0 Å². The zero-order chi connectivity index (χ0) is 9.97. The van der Waals surface area contributed by atoms with Crippen LogP contribution in [0.4, 0.5) is 0 Å². The Morgan fingerprint density at radius 3 is 3.00 bits per heavy atom. The number of carbonyl (C=O) groups excluding carboxylic acids is 2. The van der Waals surface area contributed by atoms with E-state index in [1.807, 2.05) is 11.4 Å². The van der Waals surface area contributed by atoms with Crippen LogP contribution in [0.1, 0.15) is 9.67 Å². The summed E-state index contributed by atoms with van der Waals surface area (Å²) in [5, 5.41) is 5.12. The van der Waals surface area contributed by atoms with Crippen molar-refractivity contribution in [2.75, 3.05) is 5.75 Å². The highest BCUT2D eigenvalue weighted by Crippen LogP contribution is 2.20. The first-order valence-electron chi connectivity index (χ1n) is 3.98. The van der Waals surface area contributed by atoms with E-state index in [1.54, 1.807) is 6.07 Å². The number of hydrogen-bond donors (Lipinski definition) is 1. The van der Waals surface area contributed by atoms with Gasteiger partial charge < -0.3 is 5.32 Å². The highest BCUT2D eigenvalue weighted by Gasteiger charge is 2.16. The van der Waals surface area contributed by atoms with Crippen LogP contribution in [0.15, 0.2) is 28.6 Å². The third kappa shape index (κ3) is 2.05. The van der Waals surface area contributed by atoms with Crippen LogP contribution in [0.25, 0.3) is 0 Å². The number of thioether (sulfide) groups is 1. The second-order valence-electron chi connectivity index (χ2n) is 2.69. The lowest BCUT2D eigenvalue weighted by Gasteiger charge is -1.93. The van der Waals surface area contributed by atoms with Gasteiger partial charge in [-0.3, -0.25) is 9.59 Å². The van der Waals surface area contributed by atoms with Crippen molar-refractivity contribution in [3.05, 3.63) is 33.5 Å². The van der Waals surface area contributed by atoms with E-state index in [-0.39, 0.29) is 11.7 Å². The summed E-state index contributed by atoms with van der Waals surface area (Å²) in [4.78, 5) is 23.1. The number of ketones is 1. The lowest BCUT2D eigenvalue weighted by atomic mass is 10.3. The zero-order valence-corrected chi connectivity index (χ0v) is 8.78. The van der Waals surface area contributed by atoms with E-state index in [2.05, 4.69) is 5.32 Å². The minimum Gasteiger partial charge on any atom is -0.320 e. The van der Waals surface area contributed by atoms with Crippen LogP contribution < -0.4 is 5.32 Å². The van der Waals surface area contributed by atoms with Crippen molar-refractivity contribution < 1.29 is 9.59 Å². The Labute approximate surface area is 89.2 Å². The number of nitrogens with one attached hydrogen (secondary N) is 1. The van der Waals surface area contributed by atoms with Crippen molar-refractivity contribution in [2.45, 2.75) is 0 Å². The molecule has 1 N–H and O–H groups in total. The highest BCUT2D eigenvalue weighted by atomic mass is 32.2. The fourth-order valence-electron chi connectivity index (χ4n) is 1.04. The van der Waals surface area contributed by atoms with Crippen LogP contribution >= 0.6 is 23.1 Å². The standard InChI is InChI=1S/C9H7NO2S2/c11-6(7-2-1-3-13-7)4-9-10-8(12)5-14-9/h1-4H,5H2,(H,10,12). The Bertz CT molecular complexity index is 395. The van der Waals surface area contributed by atoms with Gasteiger partial charge in [-0.25, -0.2) is 0 Å². The summed E-state index contributed by atoms with van der Waals surface area (Å²) in [6.07, 6.45) is 1.47. The average molecular weight is 225 g/mol. The van der Waals surface area contributed by atoms with E-state index < -0.39 is 0 Å². The van der Waals surface area contributed by atoms with Crippen LogP contribution in [0.5, 0.6) is 0 Å². The van der Waals surface area contributed by atoms with Gasteiger partial charge in [0.05, 0.1) is 15.7 Å². The van der Waals surface area contributed by atoms with Crippen molar-refractivity contribution in [1.82, 2.24) is 5.32 Å². The number of carbonyl (C=O) groups is 2. The first-order chi connectivity index (χ1) is 6.75. The Hall–Kier alpha value is -1.07. The van der Waals surface area contributed by atoms with Crippen molar-refractivity contribution in [1.29, 1.82) is 0 Å². The summed E-state index contributed by atoms with van der Waals surface area (Å²) in [6, 6.07) is 3.60. The molecule has 0 aliphatic carbocycles. The van der Waals surface area contributed by atoms with Crippen LogP contribution in [-0.4, -0.2) is 17.4 Å². The molecule has 0 aromatic carbocycles. The van der Waals surface area contributed by atoms with Gasteiger partial charge in [-0.1, -0.05) is 17.8 Å². The van der Waals surface area contributed by atoms with Gasteiger partial charge in [0.1, 0.15) is 0 Å². The lowest BCUT2D eigenvalue weighted by Crippen LogP contribution is -2.14. The molecule has 1 amide bonds. The summed E-state index contributed by atoms with van der Waals surface area (Å²) in [6.45, 7) is 0. The smallest absolute Gasteiger partial charge is 0.235 e. The molecule has 14 heavy (non-hydrogen) atoms. The van der Waals surface area contributed by atoms with Crippen LogP contribution in [0.2, 0.25) is 0 Å². The number of rotatable bonds is 2. The predicted octanol–water partition coefficient (Wildman–Crippen LogP) is 1.64. The van der Waals surface area contributed by atoms with E-state index in [4.69, 9.17) is 0 Å². The molecule has 0 atom stereocenters. The van der Waals surface area contributed by atoms with Gasteiger partial charge in [0.2, 0.25) is 5.91 Å². The van der Waals surface area contributed by atoms with E-state index in [0.29, 0.717) is 15.7 Å². The van der Waals surface area contributed by atoms with Crippen molar-refractivity contribution in [3.63, 3.8) is 0 Å². The average Bonchev–Trinajstić information content (AvgIpc) is 2.75. The SMILES string of the molecule is O=C1CSC(=CC(=O)c2cccs2)N1. The molecule has 1 aromatic rings. The third-order valence-corrected chi connectivity index (χ3v) is 3.47. The lowest BCUT2D eigenvalue weighted by molar-refractivity contribution is -0.117. The van der Waals surface area contributed by atoms with E-state index in [0.717, 1.165) is 0 Å². The summed E-state index contributed by atoms with van der Waals surface area (Å²) in [7, 11) is 0. The second-order valence-corrected chi connectivity index (χ2v) is 4.65. The minimum atomic E-state index is -0.0512. The molecular formula is C9H7NO2S2. The quantitative estimate of drug-likeness (QED) is 0.614. The Kier molecular flexibility index (Phi) is 2.69. The molecule has 1 aliphatic rings. The fourth-order valence-corrected chi connectivity index (χ4v) is 2.41. The minimum absolute atomic E-state index is 0.0415. The van der Waals surface area contributed by atoms with Crippen LogP contribution in [0.3, 0.4) is 0 Å². The summed E-state index contributed by atoms with van der Waals surface area (Å²) in [5.41, 5.74) is 0. The molecule has 72 valence electrons. The monoisotopic (exact) mass is 225 g/mol. The van der Waals surface area contributed by atoms with Gasteiger partial charge in [-0.2, -0.15) is 0 Å². The summed E-state index contributed by atoms with van der Waals surface area (Å²) in [5.74, 6) is 0.314. The summed E-state index contributed by atoms with van der Waals surface area (Å²) >= 11 is 2.76. The normalized spacial score (nSPS) is 18.6. The van der Waals surface area contributed by atoms with Crippen LogP contribution in [0, 0.1) is 0 Å². The molecule has 1 saturated heterocycles. The maximum Gasteiger partial charge on any atom is 0.235 e. The molecule has 1 aliphatic heterocycles. The van der Waals surface area contributed by atoms with Crippen molar-refractivity contribution in [3.8, 4) is 0 Å². The molecule has 0 unspecified atom stereocenters. The van der Waals surface area contributed by atoms with Gasteiger partial charge in [-0.15, -0.1) is 11.3 Å². The maximum atomic E-state index is 11.5. The first kappa shape index (κ1) is 9.48. The predicted molar refractivity (Wildman–Crippen MR) is 57.3 cm³/mol. The number of hydrogen-bond acceptors (Lipinski definition) is 4. The van der Waals surface area contributed by atoms with E-state index in [1.165, 1.54) is 29.2 Å². The molecule has 0 bridgehead atoms. The zero-order valence-electron chi connectivity index (χ0n) is 7.15. The topological polar surface area (TPSA) is 46.2 Å². The molecule has 1 fully saturated rings. The Morgan fingerprint density at radius 2 is 2.43 bits per heavy atom. The molecule has 0 radical (unpaired) electrons. The second kappa shape index (κ2) is 3.98. The third-order valence-electron chi connectivity index (χ3n) is 1.65. The Balaban J connectivity index is 2.11. The molecule has 3 nitrogen and oxygen atoms in total. The molecular weight excluding hydrogens is 218 g/mol. The molecule has 0 spiro atoms. The van der Waals surface area contributed by atoms with E-state index >= 15 is 0 Å². The van der Waals surface area contributed by atoms with Gasteiger partial charge in [-0.05, 0) is 11.4 Å².